The van der Waals surface area contributed by atoms with E-state index in [1.54, 1.807) is 0 Å². The van der Waals surface area contributed by atoms with Crippen LogP contribution in [0.5, 0.6) is 0 Å². The molecule has 2 aliphatic rings. The van der Waals surface area contributed by atoms with Crippen molar-refractivity contribution in [2.45, 2.75) is 45.1 Å². The van der Waals surface area contributed by atoms with E-state index >= 15 is 0 Å². The van der Waals surface area contributed by atoms with E-state index in [0.29, 0.717) is 11.8 Å². The van der Waals surface area contributed by atoms with Gasteiger partial charge in [0.1, 0.15) is 0 Å². The lowest BCUT2D eigenvalue weighted by Gasteiger charge is -2.34. The van der Waals surface area contributed by atoms with Crippen molar-refractivity contribution in [2.75, 3.05) is 26.7 Å². The summed E-state index contributed by atoms with van der Waals surface area (Å²) in [5.74, 6) is 1.30. The summed E-state index contributed by atoms with van der Waals surface area (Å²) in [6.07, 6.45) is 5.66. The van der Waals surface area contributed by atoms with Gasteiger partial charge in [-0.05, 0) is 51.1 Å². The molecule has 2 rings (SSSR count). The molecule has 110 valence electrons. The third-order valence-corrected chi connectivity index (χ3v) is 4.99. The van der Waals surface area contributed by atoms with E-state index in [4.69, 9.17) is 5.73 Å². The molecule has 0 aromatic heterocycles. The van der Waals surface area contributed by atoms with Crippen molar-refractivity contribution in [3.8, 4) is 0 Å². The first-order chi connectivity index (χ1) is 9.08. The third kappa shape index (κ3) is 3.93. The molecule has 1 saturated heterocycles. The highest BCUT2D eigenvalue weighted by molar-refractivity contribution is 5.79. The summed E-state index contributed by atoms with van der Waals surface area (Å²) in [5.41, 5.74) is 6.08. The van der Waals surface area contributed by atoms with Gasteiger partial charge in [-0.15, -0.1) is 0 Å². The summed E-state index contributed by atoms with van der Waals surface area (Å²) in [5, 5.41) is 3.17. The number of nitrogens with zero attached hydrogens (tertiary/aromatic N) is 1. The SMILES string of the molecule is CC1C(N)CCCC1C(=O)NCC1CCCN(C)C1. The van der Waals surface area contributed by atoms with E-state index in [1.807, 2.05) is 0 Å². The van der Waals surface area contributed by atoms with E-state index in [9.17, 15) is 4.79 Å². The lowest BCUT2D eigenvalue weighted by Crippen LogP contribution is -2.46. The Bertz CT molecular complexity index is 308. The first kappa shape index (κ1) is 14.8. The maximum Gasteiger partial charge on any atom is 0.223 e. The maximum atomic E-state index is 12.3. The fourth-order valence-corrected chi connectivity index (χ4v) is 3.58. The van der Waals surface area contributed by atoms with Crippen molar-refractivity contribution >= 4 is 5.91 Å². The van der Waals surface area contributed by atoms with E-state index < -0.39 is 0 Å². The molecule has 0 bridgehead atoms. The van der Waals surface area contributed by atoms with Gasteiger partial charge >= 0.3 is 0 Å². The van der Waals surface area contributed by atoms with Gasteiger partial charge in [-0.2, -0.15) is 0 Å². The summed E-state index contributed by atoms with van der Waals surface area (Å²) in [6, 6.07) is 0.199. The van der Waals surface area contributed by atoms with Crippen LogP contribution in [0.3, 0.4) is 0 Å². The average molecular weight is 267 g/mol. The smallest absolute Gasteiger partial charge is 0.223 e. The second-order valence-electron chi connectivity index (χ2n) is 6.58. The van der Waals surface area contributed by atoms with Gasteiger partial charge in [0.25, 0.3) is 0 Å². The molecule has 19 heavy (non-hydrogen) atoms. The Morgan fingerprint density at radius 1 is 1.32 bits per heavy atom. The van der Waals surface area contributed by atoms with Crippen LogP contribution < -0.4 is 11.1 Å². The van der Waals surface area contributed by atoms with Crippen LogP contribution in [-0.2, 0) is 4.79 Å². The second-order valence-corrected chi connectivity index (χ2v) is 6.58. The van der Waals surface area contributed by atoms with Gasteiger partial charge in [0.05, 0.1) is 0 Å². The Morgan fingerprint density at radius 2 is 2.11 bits per heavy atom. The summed E-state index contributed by atoms with van der Waals surface area (Å²) in [6.45, 7) is 5.27. The molecule has 4 heteroatoms. The normalized spacial score (nSPS) is 37.0. The van der Waals surface area contributed by atoms with Gasteiger partial charge in [-0.25, -0.2) is 0 Å². The van der Waals surface area contributed by atoms with Crippen LogP contribution in [0, 0.1) is 17.8 Å². The highest BCUT2D eigenvalue weighted by atomic mass is 16.1. The number of likely N-dealkylation sites (tertiary alicyclic amines) is 1. The molecule has 0 radical (unpaired) electrons. The van der Waals surface area contributed by atoms with Gasteiger partial charge in [-0.3, -0.25) is 4.79 Å². The summed E-state index contributed by atoms with van der Waals surface area (Å²) < 4.78 is 0. The molecule has 0 spiro atoms. The second kappa shape index (κ2) is 6.71. The fourth-order valence-electron chi connectivity index (χ4n) is 3.58. The van der Waals surface area contributed by atoms with Crippen molar-refractivity contribution in [3.05, 3.63) is 0 Å². The minimum Gasteiger partial charge on any atom is -0.356 e. The monoisotopic (exact) mass is 267 g/mol. The van der Waals surface area contributed by atoms with Crippen LogP contribution in [0.4, 0.5) is 0 Å². The minimum absolute atomic E-state index is 0.130. The number of hydrogen-bond acceptors (Lipinski definition) is 3. The number of nitrogens with one attached hydrogen (secondary N) is 1. The van der Waals surface area contributed by atoms with Gasteiger partial charge in [0.2, 0.25) is 5.91 Å². The molecule has 1 amide bonds. The molecule has 2 fully saturated rings. The van der Waals surface area contributed by atoms with Crippen LogP contribution in [0.2, 0.25) is 0 Å². The number of nitrogens with two attached hydrogens (primary N) is 1. The summed E-state index contributed by atoms with van der Waals surface area (Å²) in [4.78, 5) is 14.7. The summed E-state index contributed by atoms with van der Waals surface area (Å²) in [7, 11) is 2.16. The Hall–Kier alpha value is -0.610. The molecule has 4 atom stereocenters. The molecule has 4 unspecified atom stereocenters. The van der Waals surface area contributed by atoms with Crippen molar-refractivity contribution in [3.63, 3.8) is 0 Å². The topological polar surface area (TPSA) is 58.4 Å². The third-order valence-electron chi connectivity index (χ3n) is 4.99. The summed E-state index contributed by atoms with van der Waals surface area (Å²) >= 11 is 0. The Kier molecular flexibility index (Phi) is 5.22. The van der Waals surface area contributed by atoms with Crippen LogP contribution in [-0.4, -0.2) is 43.5 Å². The van der Waals surface area contributed by atoms with Crippen molar-refractivity contribution < 1.29 is 4.79 Å². The number of carbonyl (C=O) groups is 1. The predicted molar refractivity (Wildman–Crippen MR) is 77.7 cm³/mol. The Balaban J connectivity index is 1.77. The van der Waals surface area contributed by atoms with E-state index in [1.165, 1.54) is 19.4 Å². The number of amides is 1. The number of rotatable bonds is 3. The Labute approximate surface area is 117 Å². The van der Waals surface area contributed by atoms with E-state index in [0.717, 1.165) is 32.4 Å². The molecule has 1 aliphatic heterocycles. The van der Waals surface area contributed by atoms with Crippen LogP contribution >= 0.6 is 0 Å². The van der Waals surface area contributed by atoms with Crippen molar-refractivity contribution in [1.82, 2.24) is 10.2 Å². The van der Waals surface area contributed by atoms with Crippen LogP contribution in [0.1, 0.15) is 39.0 Å². The number of piperidine rings is 1. The zero-order valence-electron chi connectivity index (χ0n) is 12.4. The largest absolute Gasteiger partial charge is 0.356 e. The molecular weight excluding hydrogens is 238 g/mol. The zero-order valence-corrected chi connectivity index (χ0v) is 12.4. The van der Waals surface area contributed by atoms with E-state index in [-0.39, 0.29) is 17.9 Å². The molecule has 0 aromatic carbocycles. The minimum atomic E-state index is 0.130. The molecule has 3 N–H and O–H groups in total. The van der Waals surface area contributed by atoms with Gasteiger partial charge in [-0.1, -0.05) is 13.3 Å². The highest BCUT2D eigenvalue weighted by Gasteiger charge is 2.32. The molecule has 1 saturated carbocycles. The van der Waals surface area contributed by atoms with Crippen molar-refractivity contribution in [2.24, 2.45) is 23.5 Å². The van der Waals surface area contributed by atoms with E-state index in [2.05, 4.69) is 24.2 Å². The molecule has 1 aliphatic carbocycles. The van der Waals surface area contributed by atoms with Gasteiger partial charge in [0, 0.05) is 25.0 Å². The number of hydrogen-bond donors (Lipinski definition) is 2. The first-order valence-electron chi connectivity index (χ1n) is 7.79. The van der Waals surface area contributed by atoms with Crippen LogP contribution in [0.15, 0.2) is 0 Å². The average Bonchev–Trinajstić information content (AvgIpc) is 2.39. The highest BCUT2D eigenvalue weighted by Crippen LogP contribution is 2.29. The molecule has 1 heterocycles. The zero-order chi connectivity index (χ0) is 13.8. The lowest BCUT2D eigenvalue weighted by molar-refractivity contribution is -0.128. The molecular formula is C15H29N3O. The van der Waals surface area contributed by atoms with Crippen molar-refractivity contribution in [1.29, 1.82) is 0 Å². The molecule has 0 aromatic rings. The molecule has 4 nitrogen and oxygen atoms in total. The standard InChI is InChI=1S/C15H29N3O/c1-11-13(6-3-7-14(11)16)15(19)17-9-12-5-4-8-18(2)10-12/h11-14H,3-10,16H2,1-2H3,(H,17,19). The fraction of sp³-hybridized carbons (Fsp3) is 0.933. The van der Waals surface area contributed by atoms with Gasteiger partial charge in [0.15, 0.2) is 0 Å². The quantitative estimate of drug-likeness (QED) is 0.808. The van der Waals surface area contributed by atoms with Crippen LogP contribution in [0.25, 0.3) is 0 Å². The number of carbonyl (C=O) groups excluding carboxylic acids is 1. The predicted octanol–water partition coefficient (Wildman–Crippen LogP) is 1.21. The lowest BCUT2D eigenvalue weighted by atomic mass is 9.77. The Morgan fingerprint density at radius 3 is 2.84 bits per heavy atom. The first-order valence-corrected chi connectivity index (χ1v) is 7.79. The maximum absolute atomic E-state index is 12.3. The van der Waals surface area contributed by atoms with Gasteiger partial charge < -0.3 is 16.0 Å².